The normalized spacial score (nSPS) is 12.4. The van der Waals surface area contributed by atoms with Crippen molar-refractivity contribution in [3.8, 4) is 11.5 Å². The minimum atomic E-state index is -0.580. The van der Waals surface area contributed by atoms with E-state index in [9.17, 15) is 14.4 Å². The fraction of sp³-hybridized carbons (Fsp3) is 0.139. The Morgan fingerprint density at radius 1 is 0.682 bits per heavy atom. The van der Waals surface area contributed by atoms with E-state index >= 15 is 0 Å². The lowest BCUT2D eigenvalue weighted by molar-refractivity contribution is -0.142. The highest BCUT2D eigenvalue weighted by molar-refractivity contribution is 6.41. The number of carbonyl (C=O) groups excluding carboxylic acids is 3. The molecule has 44 heavy (non-hydrogen) atoms. The van der Waals surface area contributed by atoms with E-state index in [0.717, 1.165) is 16.0 Å². The van der Waals surface area contributed by atoms with Crippen molar-refractivity contribution in [2.75, 3.05) is 11.5 Å². The van der Waals surface area contributed by atoms with Crippen molar-refractivity contribution in [3.05, 3.63) is 136 Å². The minimum Gasteiger partial charge on any atom is -0.487 e. The third-order valence-electron chi connectivity index (χ3n) is 7.31. The molecule has 0 atom stereocenters. The number of esters is 1. The minimum absolute atomic E-state index is 0.0102. The summed E-state index contributed by atoms with van der Waals surface area (Å²) in [6.07, 6.45) is 0.0102. The maximum absolute atomic E-state index is 14.2. The fourth-order valence-electron chi connectivity index (χ4n) is 5.30. The molecule has 1 aliphatic heterocycles. The standard InChI is InChI=1S/C36H28ClNO6/c1-2-42-30(39)20-25-17-18-29(28(37)19-25)38-35(40)31-32(36(38)41)34(44-22-24-13-7-4-8-14-24)27-16-10-9-15-26(27)33(31)43-21-23-11-5-3-6-12-23/h3-19H,2,20-22H2,1H3. The van der Waals surface area contributed by atoms with E-state index in [1.807, 2.05) is 84.9 Å². The van der Waals surface area contributed by atoms with Crippen LogP contribution in [-0.2, 0) is 29.2 Å². The van der Waals surface area contributed by atoms with Crippen LogP contribution < -0.4 is 14.4 Å². The van der Waals surface area contributed by atoms with Crippen LogP contribution in [0.15, 0.2) is 103 Å². The largest absolute Gasteiger partial charge is 0.487 e. The van der Waals surface area contributed by atoms with Crippen LogP contribution in [0, 0.1) is 0 Å². The van der Waals surface area contributed by atoms with Crippen LogP contribution in [0.25, 0.3) is 10.8 Å². The second-order valence-corrected chi connectivity index (χ2v) is 10.6. The van der Waals surface area contributed by atoms with E-state index in [1.54, 1.807) is 25.1 Å². The Hall–Kier alpha value is -5.14. The number of nitrogens with zero attached hydrogens (tertiary/aromatic N) is 1. The molecule has 5 aromatic rings. The zero-order valence-electron chi connectivity index (χ0n) is 23.9. The van der Waals surface area contributed by atoms with Crippen LogP contribution in [0.4, 0.5) is 5.69 Å². The number of imide groups is 1. The van der Waals surface area contributed by atoms with Crippen LogP contribution in [0.5, 0.6) is 11.5 Å². The molecular formula is C36H28ClNO6. The number of anilines is 1. The molecule has 5 aromatic carbocycles. The molecule has 0 radical (unpaired) electrons. The van der Waals surface area contributed by atoms with Gasteiger partial charge >= 0.3 is 5.97 Å². The summed E-state index contributed by atoms with van der Waals surface area (Å²) in [7, 11) is 0. The summed E-state index contributed by atoms with van der Waals surface area (Å²) in [5, 5.41) is 1.43. The second-order valence-electron chi connectivity index (χ2n) is 10.2. The van der Waals surface area contributed by atoms with Gasteiger partial charge in [-0.05, 0) is 35.7 Å². The number of hydrogen-bond donors (Lipinski definition) is 0. The number of fused-ring (bicyclic) bond motifs is 2. The lowest BCUT2D eigenvalue weighted by Gasteiger charge is -2.17. The molecule has 8 heteroatoms. The first kappa shape index (κ1) is 29.0. The van der Waals surface area contributed by atoms with Gasteiger partial charge in [-0.1, -0.05) is 103 Å². The van der Waals surface area contributed by atoms with E-state index in [-0.39, 0.29) is 48.1 Å². The first-order valence-corrected chi connectivity index (χ1v) is 14.6. The SMILES string of the molecule is CCOC(=O)Cc1ccc(N2C(=O)c3c(c(OCc4ccccc4)c4ccccc4c3OCc3ccccc3)C2=O)c(Cl)c1. The zero-order valence-corrected chi connectivity index (χ0v) is 24.7. The van der Waals surface area contributed by atoms with Gasteiger partial charge < -0.3 is 14.2 Å². The van der Waals surface area contributed by atoms with Crippen LogP contribution in [0.3, 0.4) is 0 Å². The highest BCUT2D eigenvalue weighted by atomic mass is 35.5. The molecule has 220 valence electrons. The molecule has 0 saturated carbocycles. The van der Waals surface area contributed by atoms with Gasteiger partial charge in [0.1, 0.15) is 24.7 Å². The monoisotopic (exact) mass is 605 g/mol. The molecule has 1 heterocycles. The molecule has 0 aromatic heterocycles. The lowest BCUT2D eigenvalue weighted by atomic mass is 9.98. The third kappa shape index (κ3) is 5.62. The average molecular weight is 606 g/mol. The predicted octanol–water partition coefficient (Wildman–Crippen LogP) is 7.56. The number of ether oxygens (including phenoxy) is 3. The van der Waals surface area contributed by atoms with Crippen molar-refractivity contribution in [1.29, 1.82) is 0 Å². The molecule has 0 spiro atoms. The van der Waals surface area contributed by atoms with Gasteiger partial charge in [0.15, 0.2) is 0 Å². The summed E-state index contributed by atoms with van der Waals surface area (Å²) in [5.41, 5.74) is 2.82. The Kier molecular flexibility index (Phi) is 8.30. The molecule has 1 aliphatic rings. The van der Waals surface area contributed by atoms with Crippen molar-refractivity contribution >= 4 is 45.8 Å². The van der Waals surface area contributed by atoms with Crippen LogP contribution >= 0.6 is 11.6 Å². The van der Waals surface area contributed by atoms with E-state index in [0.29, 0.717) is 27.8 Å². The summed E-state index contributed by atoms with van der Waals surface area (Å²) >= 11 is 6.65. The highest BCUT2D eigenvalue weighted by Gasteiger charge is 2.44. The number of benzene rings is 5. The zero-order chi connectivity index (χ0) is 30.6. The van der Waals surface area contributed by atoms with Gasteiger partial charge in [0.05, 0.1) is 34.9 Å². The summed E-state index contributed by atoms with van der Waals surface area (Å²) in [6, 6.07) is 31.3. The van der Waals surface area contributed by atoms with Crippen molar-refractivity contribution in [3.63, 3.8) is 0 Å². The molecule has 2 amide bonds. The maximum atomic E-state index is 14.2. The Morgan fingerprint density at radius 3 is 1.66 bits per heavy atom. The van der Waals surface area contributed by atoms with Crippen molar-refractivity contribution in [1.82, 2.24) is 0 Å². The molecular weight excluding hydrogens is 578 g/mol. The molecule has 0 saturated heterocycles. The van der Waals surface area contributed by atoms with Gasteiger partial charge in [-0.25, -0.2) is 4.90 Å². The summed E-state index contributed by atoms with van der Waals surface area (Å²) in [5.74, 6) is -0.971. The average Bonchev–Trinajstić information content (AvgIpc) is 3.29. The maximum Gasteiger partial charge on any atom is 0.310 e. The second kappa shape index (κ2) is 12.6. The van der Waals surface area contributed by atoms with Gasteiger partial charge in [0.25, 0.3) is 11.8 Å². The van der Waals surface area contributed by atoms with E-state index < -0.39 is 17.8 Å². The smallest absolute Gasteiger partial charge is 0.310 e. The molecule has 0 unspecified atom stereocenters. The number of halogens is 1. The Labute approximate surface area is 259 Å². The molecule has 0 fully saturated rings. The molecule has 0 bridgehead atoms. The van der Waals surface area contributed by atoms with Gasteiger partial charge in [-0.3, -0.25) is 14.4 Å². The number of carbonyl (C=O) groups is 3. The van der Waals surface area contributed by atoms with Crippen LogP contribution in [0.2, 0.25) is 5.02 Å². The number of hydrogen-bond acceptors (Lipinski definition) is 6. The Morgan fingerprint density at radius 2 is 1.18 bits per heavy atom. The lowest BCUT2D eigenvalue weighted by Crippen LogP contribution is -2.29. The first-order valence-electron chi connectivity index (χ1n) is 14.2. The van der Waals surface area contributed by atoms with Crippen molar-refractivity contribution in [2.45, 2.75) is 26.6 Å². The van der Waals surface area contributed by atoms with Gasteiger partial charge in [0, 0.05) is 10.8 Å². The van der Waals surface area contributed by atoms with Crippen LogP contribution in [0.1, 0.15) is 44.3 Å². The Bertz CT molecular complexity index is 1770. The fourth-order valence-corrected chi connectivity index (χ4v) is 5.59. The number of amides is 2. The third-order valence-corrected chi connectivity index (χ3v) is 7.62. The molecule has 0 N–H and O–H groups in total. The van der Waals surface area contributed by atoms with Crippen molar-refractivity contribution in [2.24, 2.45) is 0 Å². The summed E-state index contributed by atoms with van der Waals surface area (Å²) < 4.78 is 17.7. The van der Waals surface area contributed by atoms with E-state index in [1.165, 1.54) is 0 Å². The summed E-state index contributed by atoms with van der Waals surface area (Å²) in [4.78, 5) is 41.6. The van der Waals surface area contributed by atoms with Gasteiger partial charge in [0.2, 0.25) is 0 Å². The van der Waals surface area contributed by atoms with E-state index in [4.69, 9.17) is 25.8 Å². The molecule has 6 rings (SSSR count). The molecule has 0 aliphatic carbocycles. The quantitative estimate of drug-likeness (QED) is 0.121. The first-order chi connectivity index (χ1) is 21.5. The molecule has 7 nitrogen and oxygen atoms in total. The van der Waals surface area contributed by atoms with Gasteiger partial charge in [-0.15, -0.1) is 0 Å². The summed E-state index contributed by atoms with van der Waals surface area (Å²) in [6.45, 7) is 2.37. The topological polar surface area (TPSA) is 82.1 Å². The van der Waals surface area contributed by atoms with E-state index in [2.05, 4.69) is 0 Å². The highest BCUT2D eigenvalue weighted by Crippen LogP contribution is 2.47. The number of rotatable bonds is 10. The van der Waals surface area contributed by atoms with Crippen LogP contribution in [-0.4, -0.2) is 24.4 Å². The van der Waals surface area contributed by atoms with Gasteiger partial charge in [-0.2, -0.15) is 0 Å². The van der Waals surface area contributed by atoms with Crippen molar-refractivity contribution < 1.29 is 28.6 Å². The Balaban J connectivity index is 1.46. The predicted molar refractivity (Wildman–Crippen MR) is 168 cm³/mol.